The van der Waals surface area contributed by atoms with E-state index in [9.17, 15) is 4.79 Å². The van der Waals surface area contributed by atoms with Crippen molar-refractivity contribution in [2.45, 2.75) is 12.5 Å². The van der Waals surface area contributed by atoms with Gasteiger partial charge in [0.2, 0.25) is 0 Å². The van der Waals surface area contributed by atoms with E-state index >= 15 is 0 Å². The van der Waals surface area contributed by atoms with Gasteiger partial charge in [-0.25, -0.2) is 0 Å². The third-order valence-corrected chi connectivity index (χ3v) is 2.73. The third-order valence-electron chi connectivity index (χ3n) is 2.73. The maximum Gasteiger partial charge on any atom is 0.324 e. The second kappa shape index (κ2) is 7.50. The molecule has 0 aromatic heterocycles. The first-order valence-corrected chi connectivity index (χ1v) is 6.00. The molecule has 0 radical (unpaired) electrons. The number of hydrogen-bond donors (Lipinski definition) is 2. The average molecular weight is 248 g/mol. The zero-order valence-corrected chi connectivity index (χ0v) is 10.7. The van der Waals surface area contributed by atoms with Crippen molar-refractivity contribution in [1.82, 2.24) is 5.32 Å². The maximum absolute atomic E-state index is 10.7. The van der Waals surface area contributed by atoms with E-state index in [0.717, 1.165) is 18.7 Å². The number of carboxylic acids is 1. The lowest BCUT2D eigenvalue weighted by Crippen LogP contribution is -2.36. The number of nitrogens with one attached hydrogen (secondary N) is 1. The molecule has 0 spiro atoms. The second-order valence-electron chi connectivity index (χ2n) is 4.12. The van der Waals surface area contributed by atoms with E-state index in [1.165, 1.54) is 6.08 Å². The molecule has 0 saturated heterocycles. The standard InChI is InChI=1S/C14H20N2O2/c1-3-13(14(17)18)15-10-7-11-16(2)12-8-5-4-6-9-12/h3-6,8-9,13,15H,1,7,10-11H2,2H3,(H,17,18). The summed E-state index contributed by atoms with van der Waals surface area (Å²) in [5, 5.41) is 11.7. The molecule has 18 heavy (non-hydrogen) atoms. The number of aliphatic carboxylic acids is 1. The van der Waals surface area contributed by atoms with E-state index in [1.54, 1.807) is 0 Å². The van der Waals surface area contributed by atoms with Crippen molar-refractivity contribution in [2.24, 2.45) is 0 Å². The van der Waals surface area contributed by atoms with Crippen molar-refractivity contribution in [3.05, 3.63) is 43.0 Å². The Morgan fingerprint density at radius 3 is 2.72 bits per heavy atom. The highest BCUT2D eigenvalue weighted by Gasteiger charge is 2.11. The maximum atomic E-state index is 10.7. The van der Waals surface area contributed by atoms with Crippen LogP contribution in [0.25, 0.3) is 0 Å². The van der Waals surface area contributed by atoms with E-state index in [0.29, 0.717) is 6.54 Å². The zero-order chi connectivity index (χ0) is 13.4. The van der Waals surface area contributed by atoms with Crippen molar-refractivity contribution in [3.8, 4) is 0 Å². The van der Waals surface area contributed by atoms with Crippen LogP contribution in [0.4, 0.5) is 5.69 Å². The van der Waals surface area contributed by atoms with Crippen LogP contribution in [0.15, 0.2) is 43.0 Å². The van der Waals surface area contributed by atoms with Gasteiger partial charge in [-0.05, 0) is 25.1 Å². The Bertz CT molecular complexity index is 379. The Balaban J connectivity index is 2.26. The Morgan fingerprint density at radius 1 is 1.50 bits per heavy atom. The van der Waals surface area contributed by atoms with Gasteiger partial charge >= 0.3 is 5.97 Å². The minimum absolute atomic E-state index is 0.653. The normalized spacial score (nSPS) is 11.8. The van der Waals surface area contributed by atoms with Gasteiger partial charge in [-0.3, -0.25) is 4.79 Å². The van der Waals surface area contributed by atoms with Gasteiger partial charge in [0, 0.05) is 19.3 Å². The van der Waals surface area contributed by atoms with Crippen LogP contribution in [0.2, 0.25) is 0 Å². The van der Waals surface area contributed by atoms with Crippen molar-refractivity contribution in [2.75, 3.05) is 25.0 Å². The Labute approximate surface area is 108 Å². The molecule has 1 atom stereocenters. The number of carbonyl (C=O) groups is 1. The summed E-state index contributed by atoms with van der Waals surface area (Å²) in [6.45, 7) is 5.02. The number of para-hydroxylation sites is 1. The number of anilines is 1. The number of benzene rings is 1. The van der Waals surface area contributed by atoms with Crippen LogP contribution < -0.4 is 10.2 Å². The number of carboxylic acid groups (broad SMARTS) is 1. The molecule has 1 rings (SSSR count). The lowest BCUT2D eigenvalue weighted by atomic mass is 10.2. The molecule has 1 aromatic carbocycles. The fraction of sp³-hybridized carbons (Fsp3) is 0.357. The van der Waals surface area contributed by atoms with Crippen molar-refractivity contribution in [3.63, 3.8) is 0 Å². The summed E-state index contributed by atoms with van der Waals surface area (Å²) >= 11 is 0. The first-order chi connectivity index (χ1) is 8.65. The van der Waals surface area contributed by atoms with Gasteiger partial charge in [0.25, 0.3) is 0 Å². The lowest BCUT2D eigenvalue weighted by molar-refractivity contribution is -0.138. The number of hydrogen-bond acceptors (Lipinski definition) is 3. The van der Waals surface area contributed by atoms with Crippen LogP contribution in [0.1, 0.15) is 6.42 Å². The van der Waals surface area contributed by atoms with Gasteiger partial charge in [-0.1, -0.05) is 24.3 Å². The molecule has 0 fully saturated rings. The lowest BCUT2D eigenvalue weighted by Gasteiger charge is -2.19. The fourth-order valence-electron chi connectivity index (χ4n) is 1.66. The first kappa shape index (κ1) is 14.3. The van der Waals surface area contributed by atoms with Crippen LogP contribution in [0.3, 0.4) is 0 Å². The van der Waals surface area contributed by atoms with Crippen LogP contribution in [-0.2, 0) is 4.79 Å². The fourth-order valence-corrected chi connectivity index (χ4v) is 1.66. The molecule has 0 aliphatic heterocycles. The summed E-state index contributed by atoms with van der Waals surface area (Å²) in [4.78, 5) is 12.9. The number of nitrogens with zero attached hydrogens (tertiary/aromatic N) is 1. The summed E-state index contributed by atoms with van der Waals surface area (Å²) in [7, 11) is 2.03. The molecule has 98 valence electrons. The summed E-state index contributed by atoms with van der Waals surface area (Å²) in [6.07, 6.45) is 2.28. The van der Waals surface area contributed by atoms with Gasteiger partial charge in [0.1, 0.15) is 6.04 Å². The average Bonchev–Trinajstić information content (AvgIpc) is 2.39. The van der Waals surface area contributed by atoms with Gasteiger partial charge in [0.05, 0.1) is 0 Å². The molecule has 4 heteroatoms. The molecule has 1 unspecified atom stereocenters. The second-order valence-corrected chi connectivity index (χ2v) is 4.12. The molecule has 1 aromatic rings. The van der Waals surface area contributed by atoms with E-state index in [4.69, 9.17) is 5.11 Å². The van der Waals surface area contributed by atoms with E-state index < -0.39 is 12.0 Å². The highest BCUT2D eigenvalue weighted by molar-refractivity contribution is 5.75. The van der Waals surface area contributed by atoms with E-state index in [2.05, 4.69) is 28.9 Å². The summed E-state index contributed by atoms with van der Waals surface area (Å²) in [6, 6.07) is 9.44. The molecule has 4 nitrogen and oxygen atoms in total. The Kier molecular flexibility index (Phi) is 5.94. The third kappa shape index (κ3) is 4.59. The quantitative estimate of drug-likeness (QED) is 0.543. The smallest absolute Gasteiger partial charge is 0.324 e. The molecule has 0 amide bonds. The molecular formula is C14H20N2O2. The molecule has 0 aliphatic rings. The van der Waals surface area contributed by atoms with E-state index in [1.807, 2.05) is 25.2 Å². The first-order valence-electron chi connectivity index (χ1n) is 6.00. The van der Waals surface area contributed by atoms with Crippen LogP contribution in [0, 0.1) is 0 Å². The van der Waals surface area contributed by atoms with Crippen LogP contribution >= 0.6 is 0 Å². The molecule has 2 N–H and O–H groups in total. The van der Waals surface area contributed by atoms with Gasteiger partial charge in [0.15, 0.2) is 0 Å². The van der Waals surface area contributed by atoms with Crippen LogP contribution in [0.5, 0.6) is 0 Å². The molecule has 0 saturated carbocycles. The molecule has 0 bridgehead atoms. The summed E-state index contributed by atoms with van der Waals surface area (Å²) in [5.74, 6) is -0.888. The Hall–Kier alpha value is -1.81. The molecule has 0 aliphatic carbocycles. The minimum Gasteiger partial charge on any atom is -0.480 e. The largest absolute Gasteiger partial charge is 0.480 e. The predicted molar refractivity (Wildman–Crippen MR) is 74.0 cm³/mol. The SMILES string of the molecule is C=CC(NCCCN(C)c1ccccc1)C(=O)O. The van der Waals surface area contributed by atoms with Crippen molar-refractivity contribution >= 4 is 11.7 Å². The highest BCUT2D eigenvalue weighted by atomic mass is 16.4. The molecule has 0 heterocycles. The Morgan fingerprint density at radius 2 is 2.17 bits per heavy atom. The van der Waals surface area contributed by atoms with Crippen molar-refractivity contribution < 1.29 is 9.90 Å². The van der Waals surface area contributed by atoms with Crippen molar-refractivity contribution in [1.29, 1.82) is 0 Å². The minimum atomic E-state index is -0.888. The molecular weight excluding hydrogens is 228 g/mol. The van der Waals surface area contributed by atoms with E-state index in [-0.39, 0.29) is 0 Å². The highest BCUT2D eigenvalue weighted by Crippen LogP contribution is 2.10. The monoisotopic (exact) mass is 248 g/mol. The van der Waals surface area contributed by atoms with Gasteiger partial charge < -0.3 is 15.3 Å². The van der Waals surface area contributed by atoms with Gasteiger partial charge in [-0.2, -0.15) is 0 Å². The number of rotatable bonds is 8. The zero-order valence-electron chi connectivity index (χ0n) is 10.7. The van der Waals surface area contributed by atoms with Crippen LogP contribution in [-0.4, -0.2) is 37.3 Å². The van der Waals surface area contributed by atoms with Gasteiger partial charge in [-0.15, -0.1) is 6.58 Å². The summed E-state index contributed by atoms with van der Waals surface area (Å²) < 4.78 is 0. The topological polar surface area (TPSA) is 52.6 Å². The predicted octanol–water partition coefficient (Wildman–Crippen LogP) is 1.74. The summed E-state index contributed by atoms with van der Waals surface area (Å²) in [5.41, 5.74) is 1.16.